The largest absolute Gasteiger partial charge is 0.356 e. The normalized spacial score (nSPS) is 15.6. The molecule has 114 valence electrons. The summed E-state index contributed by atoms with van der Waals surface area (Å²) in [6.07, 6.45) is 5.38. The number of rotatable bonds is 3. The molecular weight excluding hydrogens is 276 g/mol. The van der Waals surface area contributed by atoms with Gasteiger partial charge in [-0.3, -0.25) is 9.78 Å². The van der Waals surface area contributed by atoms with Crippen LogP contribution in [0.3, 0.4) is 0 Å². The minimum atomic E-state index is -0.0868. The Labute approximate surface area is 130 Å². The molecule has 0 unspecified atom stereocenters. The van der Waals surface area contributed by atoms with Crippen molar-refractivity contribution in [3.05, 3.63) is 54.0 Å². The zero-order chi connectivity index (χ0) is 15.4. The van der Waals surface area contributed by atoms with Crippen molar-refractivity contribution in [2.45, 2.75) is 25.8 Å². The van der Waals surface area contributed by atoms with E-state index in [1.54, 1.807) is 12.3 Å². The smallest absolute Gasteiger partial charge is 0.270 e. The number of hydrogen-bond acceptors (Lipinski definition) is 4. The van der Waals surface area contributed by atoms with Crippen molar-refractivity contribution < 1.29 is 4.79 Å². The summed E-state index contributed by atoms with van der Waals surface area (Å²) in [5.74, 6) is 0.920. The van der Waals surface area contributed by atoms with Gasteiger partial charge in [-0.15, -0.1) is 0 Å². The van der Waals surface area contributed by atoms with Crippen LogP contribution in [0.15, 0.2) is 42.7 Å². The summed E-state index contributed by atoms with van der Waals surface area (Å²) in [5.41, 5.74) is 1.54. The zero-order valence-corrected chi connectivity index (χ0v) is 12.7. The monoisotopic (exact) mass is 296 g/mol. The van der Waals surface area contributed by atoms with Crippen LogP contribution >= 0.6 is 0 Å². The fourth-order valence-corrected chi connectivity index (χ4v) is 2.66. The molecule has 1 aliphatic rings. The summed E-state index contributed by atoms with van der Waals surface area (Å²) >= 11 is 0. The van der Waals surface area contributed by atoms with E-state index in [0.717, 1.165) is 37.3 Å². The molecule has 0 spiro atoms. The van der Waals surface area contributed by atoms with E-state index in [1.807, 2.05) is 37.4 Å². The molecule has 1 saturated heterocycles. The third kappa shape index (κ3) is 3.42. The number of carbonyl (C=O) groups is 1. The molecule has 2 aromatic heterocycles. The first-order chi connectivity index (χ1) is 10.7. The molecule has 3 rings (SSSR count). The molecule has 1 N–H and O–H groups in total. The molecule has 1 aliphatic heterocycles. The number of amides is 1. The van der Waals surface area contributed by atoms with Crippen molar-refractivity contribution in [2.24, 2.45) is 0 Å². The molecule has 22 heavy (non-hydrogen) atoms. The van der Waals surface area contributed by atoms with Crippen molar-refractivity contribution in [3.8, 4) is 0 Å². The highest BCUT2D eigenvalue weighted by Crippen LogP contribution is 2.17. The SMILES string of the molecule is Cc1ccc(C(=O)NC2CCN(c3ccccn3)CC2)nc1. The van der Waals surface area contributed by atoms with Crippen LogP contribution in [0.1, 0.15) is 28.9 Å². The van der Waals surface area contributed by atoms with Gasteiger partial charge in [0.15, 0.2) is 0 Å². The van der Waals surface area contributed by atoms with E-state index in [9.17, 15) is 4.79 Å². The first-order valence-corrected chi connectivity index (χ1v) is 7.62. The molecule has 0 bridgehead atoms. The van der Waals surface area contributed by atoms with Crippen LogP contribution in [0.2, 0.25) is 0 Å². The van der Waals surface area contributed by atoms with E-state index >= 15 is 0 Å². The van der Waals surface area contributed by atoms with Crippen LogP contribution in [-0.4, -0.2) is 35.0 Å². The van der Waals surface area contributed by atoms with Crippen LogP contribution in [0.25, 0.3) is 0 Å². The lowest BCUT2D eigenvalue weighted by Crippen LogP contribution is -2.45. The van der Waals surface area contributed by atoms with Crippen molar-refractivity contribution in [1.82, 2.24) is 15.3 Å². The molecule has 1 fully saturated rings. The molecule has 5 nitrogen and oxygen atoms in total. The highest BCUT2D eigenvalue weighted by Gasteiger charge is 2.22. The molecule has 2 aromatic rings. The number of piperidine rings is 1. The van der Waals surface area contributed by atoms with Gasteiger partial charge in [-0.25, -0.2) is 4.98 Å². The number of hydrogen-bond donors (Lipinski definition) is 1. The Balaban J connectivity index is 1.53. The number of nitrogens with zero attached hydrogens (tertiary/aromatic N) is 3. The topological polar surface area (TPSA) is 58.1 Å². The average Bonchev–Trinajstić information content (AvgIpc) is 2.57. The molecule has 0 aromatic carbocycles. The molecule has 0 atom stereocenters. The molecule has 1 amide bonds. The summed E-state index contributed by atoms with van der Waals surface area (Å²) in [5, 5.41) is 3.08. The van der Waals surface area contributed by atoms with E-state index in [-0.39, 0.29) is 11.9 Å². The zero-order valence-electron chi connectivity index (χ0n) is 12.7. The number of aryl methyl sites for hydroxylation is 1. The first-order valence-electron chi connectivity index (χ1n) is 7.62. The Morgan fingerprint density at radius 1 is 1.18 bits per heavy atom. The predicted octanol–water partition coefficient (Wildman–Crippen LogP) is 2.18. The van der Waals surface area contributed by atoms with Gasteiger partial charge in [0.1, 0.15) is 11.5 Å². The summed E-state index contributed by atoms with van der Waals surface area (Å²) in [7, 11) is 0. The average molecular weight is 296 g/mol. The Bertz CT molecular complexity index is 619. The van der Waals surface area contributed by atoms with Crippen molar-refractivity contribution in [1.29, 1.82) is 0 Å². The third-order valence-electron chi connectivity index (χ3n) is 3.95. The Hall–Kier alpha value is -2.43. The van der Waals surface area contributed by atoms with Crippen LogP contribution in [0, 0.1) is 6.92 Å². The second kappa shape index (κ2) is 6.56. The highest BCUT2D eigenvalue weighted by molar-refractivity contribution is 5.92. The Morgan fingerprint density at radius 3 is 2.64 bits per heavy atom. The Morgan fingerprint density at radius 2 is 2.00 bits per heavy atom. The number of anilines is 1. The van der Waals surface area contributed by atoms with E-state index in [4.69, 9.17) is 0 Å². The van der Waals surface area contributed by atoms with Crippen LogP contribution in [-0.2, 0) is 0 Å². The van der Waals surface area contributed by atoms with Crippen molar-refractivity contribution in [3.63, 3.8) is 0 Å². The fraction of sp³-hybridized carbons (Fsp3) is 0.353. The second-order valence-corrected chi connectivity index (χ2v) is 5.64. The van der Waals surface area contributed by atoms with Crippen LogP contribution < -0.4 is 10.2 Å². The van der Waals surface area contributed by atoms with E-state index < -0.39 is 0 Å². The van der Waals surface area contributed by atoms with Gasteiger partial charge in [-0.2, -0.15) is 0 Å². The van der Waals surface area contributed by atoms with Crippen LogP contribution in [0.5, 0.6) is 0 Å². The van der Waals surface area contributed by atoms with E-state index in [1.165, 1.54) is 0 Å². The van der Waals surface area contributed by atoms with Crippen molar-refractivity contribution >= 4 is 11.7 Å². The van der Waals surface area contributed by atoms with Gasteiger partial charge in [0, 0.05) is 31.5 Å². The van der Waals surface area contributed by atoms with Gasteiger partial charge in [0.25, 0.3) is 5.91 Å². The Kier molecular flexibility index (Phi) is 4.32. The van der Waals surface area contributed by atoms with E-state index in [2.05, 4.69) is 20.2 Å². The van der Waals surface area contributed by atoms with Gasteiger partial charge in [-0.1, -0.05) is 12.1 Å². The van der Waals surface area contributed by atoms with Gasteiger partial charge in [0.2, 0.25) is 0 Å². The third-order valence-corrected chi connectivity index (χ3v) is 3.95. The van der Waals surface area contributed by atoms with Gasteiger partial charge < -0.3 is 10.2 Å². The maximum absolute atomic E-state index is 12.2. The van der Waals surface area contributed by atoms with Crippen LogP contribution in [0.4, 0.5) is 5.82 Å². The predicted molar refractivity (Wildman–Crippen MR) is 85.9 cm³/mol. The van der Waals surface area contributed by atoms with Gasteiger partial charge in [-0.05, 0) is 43.5 Å². The number of nitrogens with one attached hydrogen (secondary N) is 1. The number of aromatic nitrogens is 2. The maximum Gasteiger partial charge on any atom is 0.270 e. The summed E-state index contributed by atoms with van der Waals surface area (Å²) in [6, 6.07) is 9.83. The van der Waals surface area contributed by atoms with E-state index in [0.29, 0.717) is 5.69 Å². The highest BCUT2D eigenvalue weighted by atomic mass is 16.1. The van der Waals surface area contributed by atoms with Gasteiger partial charge >= 0.3 is 0 Å². The lowest BCUT2D eigenvalue weighted by molar-refractivity contribution is 0.0926. The molecule has 5 heteroatoms. The molecule has 0 saturated carbocycles. The summed E-state index contributed by atoms with van der Waals surface area (Å²) in [6.45, 7) is 3.77. The number of pyridine rings is 2. The van der Waals surface area contributed by atoms with Gasteiger partial charge in [0.05, 0.1) is 0 Å². The lowest BCUT2D eigenvalue weighted by atomic mass is 10.0. The minimum Gasteiger partial charge on any atom is -0.356 e. The molecule has 0 aliphatic carbocycles. The summed E-state index contributed by atoms with van der Waals surface area (Å²) in [4.78, 5) is 23.0. The molecule has 3 heterocycles. The fourth-order valence-electron chi connectivity index (χ4n) is 2.66. The second-order valence-electron chi connectivity index (χ2n) is 5.64. The van der Waals surface area contributed by atoms with Crippen molar-refractivity contribution in [2.75, 3.05) is 18.0 Å². The quantitative estimate of drug-likeness (QED) is 0.943. The minimum absolute atomic E-state index is 0.0868. The molecule has 0 radical (unpaired) electrons. The first kappa shape index (κ1) is 14.5. The molecular formula is C17H20N4O. The lowest BCUT2D eigenvalue weighted by Gasteiger charge is -2.33. The standard InChI is InChI=1S/C17H20N4O/c1-13-5-6-15(19-12-13)17(22)20-14-7-10-21(11-8-14)16-4-2-3-9-18-16/h2-6,9,12,14H,7-8,10-11H2,1H3,(H,20,22). The summed E-state index contributed by atoms with van der Waals surface area (Å²) < 4.78 is 0. The number of carbonyl (C=O) groups excluding carboxylic acids is 1. The maximum atomic E-state index is 12.2.